The molecule has 1 fully saturated rings. The molecule has 6 nitrogen and oxygen atoms in total. The summed E-state index contributed by atoms with van der Waals surface area (Å²) in [7, 11) is 3.02. The van der Waals surface area contributed by atoms with E-state index in [1.165, 1.54) is 17.2 Å². The molecule has 6 heteroatoms. The van der Waals surface area contributed by atoms with Gasteiger partial charge in [-0.05, 0) is 24.8 Å². The molecule has 2 aromatic rings. The van der Waals surface area contributed by atoms with Gasteiger partial charge in [0, 0.05) is 26.7 Å². The lowest BCUT2D eigenvalue weighted by atomic mass is 10.0. The Labute approximate surface area is 140 Å². The number of hydrogen-bond acceptors (Lipinski definition) is 4. The van der Waals surface area contributed by atoms with E-state index in [1.807, 2.05) is 29.2 Å². The Morgan fingerprint density at radius 1 is 1.17 bits per heavy atom. The van der Waals surface area contributed by atoms with E-state index in [2.05, 4.69) is 12.1 Å². The minimum absolute atomic E-state index is 0.0413. The molecule has 1 saturated heterocycles. The first-order valence-corrected chi connectivity index (χ1v) is 8.05. The smallest absolute Gasteiger partial charge is 0.332 e. The molecule has 1 aliphatic rings. The van der Waals surface area contributed by atoms with Crippen molar-refractivity contribution in [2.45, 2.75) is 25.3 Å². The topological polar surface area (TPSA) is 71.0 Å². The SMILES string of the molecule is Cn1c(N2CCCC2Cc2ccccc2)c(C#N)c(=O)n(C)c1=O. The average Bonchev–Trinajstić information content (AvgIpc) is 3.04. The van der Waals surface area contributed by atoms with Crippen LogP contribution in [0, 0.1) is 11.3 Å². The monoisotopic (exact) mass is 324 g/mol. The highest BCUT2D eigenvalue weighted by Crippen LogP contribution is 2.28. The van der Waals surface area contributed by atoms with Crippen molar-refractivity contribution in [2.24, 2.45) is 14.1 Å². The number of rotatable bonds is 3. The van der Waals surface area contributed by atoms with Crippen molar-refractivity contribution >= 4 is 5.82 Å². The molecule has 0 N–H and O–H groups in total. The van der Waals surface area contributed by atoms with E-state index in [1.54, 1.807) is 7.05 Å². The summed E-state index contributed by atoms with van der Waals surface area (Å²) in [6.45, 7) is 0.743. The molecule has 1 aliphatic heterocycles. The van der Waals surface area contributed by atoms with Crippen LogP contribution in [0.3, 0.4) is 0 Å². The number of nitrogens with zero attached hydrogens (tertiary/aromatic N) is 4. The summed E-state index contributed by atoms with van der Waals surface area (Å²) in [6.07, 6.45) is 2.78. The van der Waals surface area contributed by atoms with E-state index in [9.17, 15) is 14.9 Å². The van der Waals surface area contributed by atoms with E-state index in [0.717, 1.165) is 30.4 Å². The van der Waals surface area contributed by atoms with Crippen LogP contribution in [0.4, 0.5) is 5.82 Å². The van der Waals surface area contributed by atoms with Gasteiger partial charge in [-0.3, -0.25) is 13.9 Å². The van der Waals surface area contributed by atoms with Crippen LogP contribution in [0.25, 0.3) is 0 Å². The lowest BCUT2D eigenvalue weighted by molar-refractivity contribution is 0.617. The van der Waals surface area contributed by atoms with Gasteiger partial charge in [0.2, 0.25) is 0 Å². The highest BCUT2D eigenvalue weighted by Gasteiger charge is 2.30. The molecule has 0 amide bonds. The molecule has 2 heterocycles. The van der Waals surface area contributed by atoms with Crippen LogP contribution in [0.2, 0.25) is 0 Å². The summed E-state index contributed by atoms with van der Waals surface area (Å²) in [4.78, 5) is 26.7. The average molecular weight is 324 g/mol. The second kappa shape index (κ2) is 6.36. The largest absolute Gasteiger partial charge is 0.353 e. The van der Waals surface area contributed by atoms with E-state index < -0.39 is 11.2 Å². The van der Waals surface area contributed by atoms with Crippen LogP contribution in [0.5, 0.6) is 0 Å². The normalized spacial score (nSPS) is 17.0. The molecule has 0 spiro atoms. The predicted molar refractivity (Wildman–Crippen MR) is 92.2 cm³/mol. The third-order valence-corrected chi connectivity index (χ3v) is 4.71. The van der Waals surface area contributed by atoms with Crippen molar-refractivity contribution in [2.75, 3.05) is 11.4 Å². The zero-order valence-corrected chi connectivity index (χ0v) is 13.9. The number of aromatic nitrogens is 2. The quantitative estimate of drug-likeness (QED) is 0.850. The second-order valence-electron chi connectivity index (χ2n) is 6.20. The molecule has 0 saturated carbocycles. The first-order chi connectivity index (χ1) is 11.5. The Bertz CT molecular complexity index is 906. The predicted octanol–water partition coefficient (Wildman–Crippen LogP) is 1.17. The molecule has 3 rings (SSSR count). The standard InChI is InChI=1S/C18H20N4O2/c1-20-16(15(12-19)17(23)21(2)18(20)24)22-10-6-9-14(22)11-13-7-4-3-5-8-13/h3-5,7-8,14H,6,9-11H2,1-2H3. The Kier molecular flexibility index (Phi) is 4.26. The fourth-order valence-electron chi connectivity index (χ4n) is 3.48. The van der Waals surface area contributed by atoms with Crippen molar-refractivity contribution in [3.63, 3.8) is 0 Å². The molecule has 0 radical (unpaired) electrons. The second-order valence-corrected chi connectivity index (χ2v) is 6.20. The van der Waals surface area contributed by atoms with Gasteiger partial charge in [-0.2, -0.15) is 5.26 Å². The molecule has 1 atom stereocenters. The molecular weight excluding hydrogens is 304 g/mol. The van der Waals surface area contributed by atoms with E-state index >= 15 is 0 Å². The van der Waals surface area contributed by atoms with Crippen molar-refractivity contribution in [3.8, 4) is 6.07 Å². The summed E-state index contributed by atoms with van der Waals surface area (Å²) in [5.41, 5.74) is 0.321. The van der Waals surface area contributed by atoms with Crippen molar-refractivity contribution in [1.29, 1.82) is 5.26 Å². The number of benzene rings is 1. The molecule has 1 unspecified atom stereocenters. The summed E-state index contributed by atoms with van der Waals surface area (Å²) >= 11 is 0. The molecule has 0 bridgehead atoms. The maximum atomic E-state index is 12.3. The van der Waals surface area contributed by atoms with Gasteiger partial charge in [0.25, 0.3) is 5.56 Å². The van der Waals surface area contributed by atoms with Gasteiger partial charge >= 0.3 is 5.69 Å². The van der Waals surface area contributed by atoms with Crippen LogP contribution in [-0.4, -0.2) is 21.7 Å². The first-order valence-electron chi connectivity index (χ1n) is 8.05. The third-order valence-electron chi connectivity index (χ3n) is 4.71. The Hall–Kier alpha value is -2.81. The molecule has 1 aromatic heterocycles. The highest BCUT2D eigenvalue weighted by atomic mass is 16.2. The summed E-state index contributed by atoms with van der Waals surface area (Å²) < 4.78 is 2.41. The van der Waals surface area contributed by atoms with Gasteiger partial charge in [0.1, 0.15) is 11.9 Å². The minimum atomic E-state index is -0.527. The molecule has 24 heavy (non-hydrogen) atoms. The Morgan fingerprint density at radius 2 is 1.88 bits per heavy atom. The maximum absolute atomic E-state index is 12.3. The number of hydrogen-bond donors (Lipinski definition) is 0. The fourth-order valence-corrected chi connectivity index (χ4v) is 3.48. The molecule has 124 valence electrons. The van der Waals surface area contributed by atoms with E-state index in [-0.39, 0.29) is 11.6 Å². The zero-order valence-electron chi connectivity index (χ0n) is 13.9. The van der Waals surface area contributed by atoms with Gasteiger partial charge < -0.3 is 4.90 Å². The van der Waals surface area contributed by atoms with Crippen molar-refractivity contribution in [1.82, 2.24) is 9.13 Å². The number of nitriles is 1. The summed E-state index contributed by atoms with van der Waals surface area (Å²) in [6, 6.07) is 12.3. The summed E-state index contributed by atoms with van der Waals surface area (Å²) in [5.74, 6) is 0.448. The maximum Gasteiger partial charge on any atom is 0.332 e. The highest BCUT2D eigenvalue weighted by molar-refractivity contribution is 5.55. The van der Waals surface area contributed by atoms with Gasteiger partial charge in [-0.1, -0.05) is 30.3 Å². The van der Waals surface area contributed by atoms with Gasteiger partial charge in [-0.15, -0.1) is 0 Å². The minimum Gasteiger partial charge on any atom is -0.353 e. The Morgan fingerprint density at radius 3 is 2.54 bits per heavy atom. The lowest BCUT2D eigenvalue weighted by Gasteiger charge is -2.29. The zero-order chi connectivity index (χ0) is 17.3. The molecule has 0 aliphatic carbocycles. The molecular formula is C18H20N4O2. The number of anilines is 1. The van der Waals surface area contributed by atoms with Crippen molar-refractivity contribution in [3.05, 3.63) is 62.3 Å². The fraction of sp³-hybridized carbons (Fsp3) is 0.389. The van der Waals surface area contributed by atoms with Gasteiger partial charge in [0.15, 0.2) is 5.56 Å². The van der Waals surface area contributed by atoms with Crippen LogP contribution in [-0.2, 0) is 20.5 Å². The van der Waals surface area contributed by atoms with Crippen LogP contribution >= 0.6 is 0 Å². The first kappa shape index (κ1) is 16.1. The van der Waals surface area contributed by atoms with E-state index in [4.69, 9.17) is 0 Å². The van der Waals surface area contributed by atoms with Crippen LogP contribution in [0.1, 0.15) is 24.0 Å². The third kappa shape index (κ3) is 2.62. The van der Waals surface area contributed by atoms with Gasteiger partial charge in [0.05, 0.1) is 0 Å². The van der Waals surface area contributed by atoms with Gasteiger partial charge in [-0.25, -0.2) is 4.79 Å². The van der Waals surface area contributed by atoms with Crippen LogP contribution in [0.15, 0.2) is 39.9 Å². The molecule has 1 aromatic carbocycles. The van der Waals surface area contributed by atoms with E-state index in [0.29, 0.717) is 5.82 Å². The Balaban J connectivity index is 2.06. The summed E-state index contributed by atoms with van der Waals surface area (Å²) in [5, 5.41) is 9.47. The lowest BCUT2D eigenvalue weighted by Crippen LogP contribution is -2.44. The van der Waals surface area contributed by atoms with Crippen LogP contribution < -0.4 is 16.1 Å². The van der Waals surface area contributed by atoms with Crippen molar-refractivity contribution < 1.29 is 0 Å².